The van der Waals surface area contributed by atoms with Crippen LogP contribution in [0.5, 0.6) is 0 Å². The Kier molecular flexibility index (Phi) is 1.42. The standard InChI is InChI=1S/C11H8N2O2/c14-11(15)10-4-7-3-6-1-2-12-8(6)5-9(7)13-10/h1-5,12-13H,(H,14,15). The number of benzene rings is 1. The molecule has 3 N–H and O–H groups in total. The number of aromatic carboxylic acids is 1. The molecule has 1 aromatic carbocycles. The topological polar surface area (TPSA) is 68.9 Å². The first-order chi connectivity index (χ1) is 7.24. The molecular formula is C11H8N2O2. The van der Waals surface area contributed by atoms with E-state index in [2.05, 4.69) is 9.97 Å². The van der Waals surface area contributed by atoms with Gasteiger partial charge >= 0.3 is 5.97 Å². The second kappa shape index (κ2) is 2.63. The minimum absolute atomic E-state index is 0.220. The fourth-order valence-electron chi connectivity index (χ4n) is 1.80. The largest absolute Gasteiger partial charge is 0.477 e. The minimum atomic E-state index is -0.935. The zero-order chi connectivity index (χ0) is 10.4. The summed E-state index contributed by atoms with van der Waals surface area (Å²) < 4.78 is 0. The van der Waals surface area contributed by atoms with Crippen LogP contribution in [0.4, 0.5) is 0 Å². The summed E-state index contributed by atoms with van der Waals surface area (Å²) in [5.41, 5.74) is 2.06. The molecule has 4 nitrogen and oxygen atoms in total. The van der Waals surface area contributed by atoms with Crippen molar-refractivity contribution in [2.75, 3.05) is 0 Å². The van der Waals surface area contributed by atoms with Crippen molar-refractivity contribution >= 4 is 27.8 Å². The number of rotatable bonds is 1. The van der Waals surface area contributed by atoms with Crippen LogP contribution in [0.15, 0.2) is 30.5 Å². The zero-order valence-electron chi connectivity index (χ0n) is 7.74. The molecule has 3 aromatic rings. The molecule has 0 amide bonds. The highest BCUT2D eigenvalue weighted by Crippen LogP contribution is 2.22. The number of fused-ring (bicyclic) bond motifs is 2. The van der Waals surface area contributed by atoms with E-state index in [0.29, 0.717) is 0 Å². The summed E-state index contributed by atoms with van der Waals surface area (Å²) in [7, 11) is 0. The van der Waals surface area contributed by atoms with Crippen LogP contribution < -0.4 is 0 Å². The molecule has 0 atom stereocenters. The summed E-state index contributed by atoms with van der Waals surface area (Å²) in [6, 6.07) is 7.48. The number of hydrogen-bond donors (Lipinski definition) is 3. The van der Waals surface area contributed by atoms with E-state index in [1.165, 1.54) is 0 Å². The highest BCUT2D eigenvalue weighted by molar-refractivity contribution is 5.99. The Morgan fingerprint density at radius 2 is 2.00 bits per heavy atom. The highest BCUT2D eigenvalue weighted by Gasteiger charge is 2.08. The first-order valence-corrected chi connectivity index (χ1v) is 4.57. The molecule has 0 bridgehead atoms. The molecule has 0 saturated heterocycles. The summed E-state index contributed by atoms with van der Waals surface area (Å²) in [5.74, 6) is -0.935. The number of nitrogens with one attached hydrogen (secondary N) is 2. The fraction of sp³-hybridized carbons (Fsp3) is 0. The van der Waals surface area contributed by atoms with Gasteiger partial charge in [0.15, 0.2) is 0 Å². The van der Waals surface area contributed by atoms with Gasteiger partial charge in [0.25, 0.3) is 0 Å². The molecule has 0 aliphatic rings. The van der Waals surface area contributed by atoms with Gasteiger partial charge in [-0.05, 0) is 24.3 Å². The Morgan fingerprint density at radius 1 is 1.13 bits per heavy atom. The molecule has 0 saturated carbocycles. The van der Waals surface area contributed by atoms with Gasteiger partial charge in [-0.25, -0.2) is 4.79 Å². The molecule has 74 valence electrons. The third-order valence-electron chi connectivity index (χ3n) is 2.52. The number of carbonyl (C=O) groups is 1. The number of H-pyrrole nitrogens is 2. The van der Waals surface area contributed by atoms with Gasteiger partial charge in [-0.15, -0.1) is 0 Å². The molecule has 2 aromatic heterocycles. The number of aromatic nitrogens is 2. The fourth-order valence-corrected chi connectivity index (χ4v) is 1.80. The Labute approximate surface area is 84.5 Å². The van der Waals surface area contributed by atoms with E-state index >= 15 is 0 Å². The first kappa shape index (κ1) is 8.11. The third kappa shape index (κ3) is 1.11. The number of hydrogen-bond acceptors (Lipinski definition) is 1. The molecule has 15 heavy (non-hydrogen) atoms. The molecule has 3 rings (SSSR count). The van der Waals surface area contributed by atoms with Crippen LogP contribution in [0.1, 0.15) is 10.5 Å². The lowest BCUT2D eigenvalue weighted by atomic mass is 10.2. The van der Waals surface area contributed by atoms with Crippen LogP contribution >= 0.6 is 0 Å². The van der Waals surface area contributed by atoms with Gasteiger partial charge in [0.05, 0.1) is 0 Å². The van der Waals surface area contributed by atoms with Crippen LogP contribution in [-0.4, -0.2) is 21.0 Å². The Balaban J connectivity index is 2.38. The molecular weight excluding hydrogens is 192 g/mol. The SMILES string of the molecule is O=C(O)c1cc2cc3cc[nH]c3cc2[nH]1. The van der Waals surface area contributed by atoms with E-state index in [9.17, 15) is 4.79 Å². The molecule has 0 aliphatic heterocycles. The summed E-state index contributed by atoms with van der Waals surface area (Å²) in [6.07, 6.45) is 1.86. The Morgan fingerprint density at radius 3 is 2.80 bits per heavy atom. The monoisotopic (exact) mass is 200 g/mol. The second-order valence-electron chi connectivity index (χ2n) is 3.49. The maximum atomic E-state index is 10.8. The van der Waals surface area contributed by atoms with Crippen LogP contribution in [0.3, 0.4) is 0 Å². The van der Waals surface area contributed by atoms with E-state index in [1.54, 1.807) is 6.07 Å². The number of aromatic amines is 2. The van der Waals surface area contributed by atoms with Gasteiger partial charge in [-0.3, -0.25) is 0 Å². The maximum absolute atomic E-state index is 10.8. The molecule has 0 fully saturated rings. The quantitative estimate of drug-likeness (QED) is 0.564. The number of carboxylic acid groups (broad SMARTS) is 1. The van der Waals surface area contributed by atoms with E-state index in [1.807, 2.05) is 24.4 Å². The zero-order valence-corrected chi connectivity index (χ0v) is 7.74. The lowest BCUT2D eigenvalue weighted by Crippen LogP contribution is -1.94. The molecule has 0 unspecified atom stereocenters. The summed E-state index contributed by atoms with van der Waals surface area (Å²) in [6.45, 7) is 0. The molecule has 2 heterocycles. The highest BCUT2D eigenvalue weighted by atomic mass is 16.4. The Bertz CT molecular complexity index is 615. The summed E-state index contributed by atoms with van der Waals surface area (Å²) >= 11 is 0. The van der Waals surface area contributed by atoms with Crippen molar-refractivity contribution in [1.82, 2.24) is 9.97 Å². The van der Waals surface area contributed by atoms with E-state index < -0.39 is 5.97 Å². The Hall–Kier alpha value is -2.23. The van der Waals surface area contributed by atoms with Crippen molar-refractivity contribution in [2.45, 2.75) is 0 Å². The van der Waals surface area contributed by atoms with E-state index in [-0.39, 0.29) is 5.69 Å². The van der Waals surface area contributed by atoms with Crippen LogP contribution in [0, 0.1) is 0 Å². The van der Waals surface area contributed by atoms with E-state index in [4.69, 9.17) is 5.11 Å². The van der Waals surface area contributed by atoms with Crippen molar-refractivity contribution in [3.8, 4) is 0 Å². The van der Waals surface area contributed by atoms with Crippen molar-refractivity contribution in [2.24, 2.45) is 0 Å². The van der Waals surface area contributed by atoms with Crippen LogP contribution in [-0.2, 0) is 0 Å². The lowest BCUT2D eigenvalue weighted by molar-refractivity contribution is 0.0691. The predicted octanol–water partition coefficient (Wildman–Crippen LogP) is 2.35. The summed E-state index contributed by atoms with van der Waals surface area (Å²) in [4.78, 5) is 16.7. The van der Waals surface area contributed by atoms with E-state index in [0.717, 1.165) is 21.8 Å². The van der Waals surface area contributed by atoms with Crippen molar-refractivity contribution in [3.05, 3.63) is 36.2 Å². The van der Waals surface area contributed by atoms with Gasteiger partial charge in [-0.1, -0.05) is 0 Å². The molecule has 0 aliphatic carbocycles. The number of carboxylic acids is 1. The average molecular weight is 200 g/mol. The van der Waals surface area contributed by atoms with Gasteiger partial charge < -0.3 is 15.1 Å². The first-order valence-electron chi connectivity index (χ1n) is 4.57. The van der Waals surface area contributed by atoms with Gasteiger partial charge in [-0.2, -0.15) is 0 Å². The third-order valence-corrected chi connectivity index (χ3v) is 2.52. The second-order valence-corrected chi connectivity index (χ2v) is 3.49. The molecule has 4 heteroatoms. The minimum Gasteiger partial charge on any atom is -0.477 e. The van der Waals surface area contributed by atoms with Crippen molar-refractivity contribution in [1.29, 1.82) is 0 Å². The molecule has 0 radical (unpaired) electrons. The van der Waals surface area contributed by atoms with Crippen molar-refractivity contribution < 1.29 is 9.90 Å². The lowest BCUT2D eigenvalue weighted by Gasteiger charge is -1.90. The summed E-state index contributed by atoms with van der Waals surface area (Å²) in [5, 5.41) is 10.8. The molecule has 0 spiro atoms. The van der Waals surface area contributed by atoms with Gasteiger partial charge in [0.2, 0.25) is 0 Å². The van der Waals surface area contributed by atoms with Crippen molar-refractivity contribution in [3.63, 3.8) is 0 Å². The predicted molar refractivity (Wildman–Crippen MR) is 57.1 cm³/mol. The smallest absolute Gasteiger partial charge is 0.352 e. The van der Waals surface area contributed by atoms with Crippen LogP contribution in [0.2, 0.25) is 0 Å². The average Bonchev–Trinajstić information content (AvgIpc) is 2.77. The normalized spacial score (nSPS) is 11.2. The van der Waals surface area contributed by atoms with Gasteiger partial charge in [0, 0.05) is 28.0 Å². The van der Waals surface area contributed by atoms with Crippen LogP contribution in [0.25, 0.3) is 21.8 Å². The van der Waals surface area contributed by atoms with Gasteiger partial charge in [0.1, 0.15) is 5.69 Å². The maximum Gasteiger partial charge on any atom is 0.352 e.